The van der Waals surface area contributed by atoms with E-state index < -0.39 is 10.8 Å². The van der Waals surface area contributed by atoms with Crippen LogP contribution in [0, 0.1) is 10.1 Å². The van der Waals surface area contributed by atoms with Crippen LogP contribution in [0.25, 0.3) is 0 Å². The Kier molecular flexibility index (Phi) is 7.16. The van der Waals surface area contributed by atoms with E-state index in [1.807, 2.05) is 0 Å². The van der Waals surface area contributed by atoms with E-state index in [4.69, 9.17) is 9.47 Å². The summed E-state index contributed by atoms with van der Waals surface area (Å²) < 4.78 is 10.4. The number of anilines is 1. The number of amides is 1. The Balaban J connectivity index is 2.22. The van der Waals surface area contributed by atoms with Crippen molar-refractivity contribution in [2.24, 2.45) is 0 Å². The molecule has 0 aliphatic rings. The molecule has 0 radical (unpaired) electrons. The molecule has 0 aliphatic carbocycles. The number of aliphatic hydroxyl groups is 1. The van der Waals surface area contributed by atoms with Gasteiger partial charge in [0.1, 0.15) is 0 Å². The Bertz CT molecular complexity index is 856. The quantitative estimate of drug-likeness (QED) is 0.444. The van der Waals surface area contributed by atoms with Crippen LogP contribution in [0.5, 0.6) is 11.5 Å². The highest BCUT2D eigenvalue weighted by atomic mass is 16.6. The lowest BCUT2D eigenvalue weighted by molar-refractivity contribution is -0.384. The van der Waals surface area contributed by atoms with Crippen LogP contribution in [0.4, 0.5) is 11.4 Å². The standard InChI is InChI=1S/C19H23N3O6/c1-12(11-23)21-16-6-5-14(22(25)26)9-15(16)19(24)20-10-13-4-7-17(27-2)18(8-13)28-3/h4-9,12,21,23H,10-11H2,1-3H3,(H,20,24)/t12-/m0/s1. The van der Waals surface area contributed by atoms with Crippen LogP contribution < -0.4 is 20.1 Å². The third-order valence-electron chi connectivity index (χ3n) is 4.04. The van der Waals surface area contributed by atoms with Gasteiger partial charge in [0.2, 0.25) is 0 Å². The molecule has 2 aromatic rings. The number of ether oxygens (including phenoxy) is 2. The minimum atomic E-state index is -0.565. The van der Waals surface area contributed by atoms with Gasteiger partial charge >= 0.3 is 0 Å². The molecule has 0 spiro atoms. The van der Waals surface area contributed by atoms with E-state index in [1.54, 1.807) is 25.1 Å². The second-order valence-corrected chi connectivity index (χ2v) is 6.09. The molecule has 0 heterocycles. The van der Waals surface area contributed by atoms with Crippen molar-refractivity contribution in [3.8, 4) is 11.5 Å². The summed E-state index contributed by atoms with van der Waals surface area (Å²) in [5.41, 5.74) is 1.10. The van der Waals surface area contributed by atoms with Gasteiger partial charge in [-0.05, 0) is 30.7 Å². The Labute approximate surface area is 162 Å². The maximum absolute atomic E-state index is 12.7. The monoisotopic (exact) mass is 389 g/mol. The Hall–Kier alpha value is -3.33. The predicted molar refractivity (Wildman–Crippen MR) is 104 cm³/mol. The lowest BCUT2D eigenvalue weighted by Gasteiger charge is -2.16. The highest BCUT2D eigenvalue weighted by Gasteiger charge is 2.18. The van der Waals surface area contributed by atoms with Crippen LogP contribution in [-0.4, -0.2) is 42.8 Å². The van der Waals surface area contributed by atoms with Crippen molar-refractivity contribution in [3.63, 3.8) is 0 Å². The van der Waals surface area contributed by atoms with Gasteiger partial charge in [-0.15, -0.1) is 0 Å². The number of nitrogens with zero attached hydrogens (tertiary/aromatic N) is 1. The van der Waals surface area contributed by atoms with Crippen LogP contribution in [0.2, 0.25) is 0 Å². The number of non-ortho nitro benzene ring substituents is 1. The summed E-state index contributed by atoms with van der Waals surface area (Å²) in [6.07, 6.45) is 0. The number of methoxy groups -OCH3 is 2. The number of nitro groups is 1. The summed E-state index contributed by atoms with van der Waals surface area (Å²) >= 11 is 0. The second kappa shape index (κ2) is 9.56. The maximum Gasteiger partial charge on any atom is 0.270 e. The topological polar surface area (TPSA) is 123 Å². The average Bonchev–Trinajstić information content (AvgIpc) is 2.71. The van der Waals surface area contributed by atoms with Gasteiger partial charge in [-0.3, -0.25) is 14.9 Å². The molecule has 0 unspecified atom stereocenters. The highest BCUT2D eigenvalue weighted by Crippen LogP contribution is 2.28. The van der Waals surface area contributed by atoms with Crippen molar-refractivity contribution in [2.75, 3.05) is 26.1 Å². The third kappa shape index (κ3) is 5.10. The van der Waals surface area contributed by atoms with Gasteiger partial charge in [0, 0.05) is 30.4 Å². The second-order valence-electron chi connectivity index (χ2n) is 6.09. The summed E-state index contributed by atoms with van der Waals surface area (Å²) in [4.78, 5) is 23.2. The first-order valence-corrected chi connectivity index (χ1v) is 8.54. The molecule has 1 atom stereocenters. The fourth-order valence-corrected chi connectivity index (χ4v) is 2.54. The first-order valence-electron chi connectivity index (χ1n) is 8.54. The SMILES string of the molecule is COc1ccc(CNC(=O)c2cc([N+](=O)[O-])ccc2N[C@@H](C)CO)cc1OC. The van der Waals surface area contributed by atoms with Crippen LogP contribution in [0.1, 0.15) is 22.8 Å². The zero-order chi connectivity index (χ0) is 20.7. The van der Waals surface area contributed by atoms with Crippen molar-refractivity contribution >= 4 is 17.3 Å². The average molecular weight is 389 g/mol. The largest absolute Gasteiger partial charge is 0.493 e. The summed E-state index contributed by atoms with van der Waals surface area (Å²) in [7, 11) is 3.05. The number of carbonyl (C=O) groups excluding carboxylic acids is 1. The van der Waals surface area contributed by atoms with E-state index in [9.17, 15) is 20.0 Å². The molecule has 9 heteroatoms. The lowest BCUT2D eigenvalue weighted by Crippen LogP contribution is -2.26. The first-order chi connectivity index (χ1) is 13.4. The smallest absolute Gasteiger partial charge is 0.270 e. The molecule has 3 N–H and O–H groups in total. The molecule has 9 nitrogen and oxygen atoms in total. The van der Waals surface area contributed by atoms with E-state index in [0.717, 1.165) is 5.56 Å². The highest BCUT2D eigenvalue weighted by molar-refractivity contribution is 6.00. The van der Waals surface area contributed by atoms with E-state index >= 15 is 0 Å². The van der Waals surface area contributed by atoms with Crippen molar-refractivity contribution in [2.45, 2.75) is 19.5 Å². The minimum absolute atomic E-state index is 0.120. The number of hydrogen-bond acceptors (Lipinski definition) is 7. The normalized spacial score (nSPS) is 11.4. The molecular weight excluding hydrogens is 366 g/mol. The molecule has 0 aliphatic heterocycles. The summed E-state index contributed by atoms with van der Waals surface area (Å²) in [6, 6.07) is 8.88. The van der Waals surface area contributed by atoms with Gasteiger partial charge < -0.3 is 25.2 Å². The number of hydrogen-bond donors (Lipinski definition) is 3. The van der Waals surface area contributed by atoms with E-state index in [0.29, 0.717) is 17.2 Å². The molecule has 28 heavy (non-hydrogen) atoms. The van der Waals surface area contributed by atoms with Gasteiger partial charge in [0.15, 0.2) is 11.5 Å². The van der Waals surface area contributed by atoms with Crippen molar-refractivity contribution in [1.82, 2.24) is 5.32 Å². The predicted octanol–water partition coefficient (Wildman–Crippen LogP) is 2.33. The molecule has 0 fully saturated rings. The molecule has 0 saturated carbocycles. The van der Waals surface area contributed by atoms with Gasteiger partial charge in [-0.2, -0.15) is 0 Å². The maximum atomic E-state index is 12.7. The minimum Gasteiger partial charge on any atom is -0.493 e. The Morgan fingerprint density at radius 3 is 2.50 bits per heavy atom. The van der Waals surface area contributed by atoms with Crippen molar-refractivity contribution in [1.29, 1.82) is 0 Å². The lowest BCUT2D eigenvalue weighted by atomic mass is 10.1. The molecule has 0 bridgehead atoms. The number of benzene rings is 2. The zero-order valence-electron chi connectivity index (χ0n) is 15.9. The molecule has 2 aromatic carbocycles. The molecule has 0 saturated heterocycles. The van der Waals surface area contributed by atoms with Crippen molar-refractivity contribution in [3.05, 3.63) is 57.6 Å². The fourth-order valence-electron chi connectivity index (χ4n) is 2.54. The molecular formula is C19H23N3O6. The van der Waals surface area contributed by atoms with Gasteiger partial charge in [-0.1, -0.05) is 6.07 Å². The van der Waals surface area contributed by atoms with Crippen molar-refractivity contribution < 1.29 is 24.3 Å². The molecule has 2 rings (SSSR count). The van der Waals surface area contributed by atoms with Gasteiger partial charge in [0.05, 0.1) is 31.3 Å². The van der Waals surface area contributed by atoms with E-state index in [2.05, 4.69) is 10.6 Å². The van der Waals surface area contributed by atoms with Crippen LogP contribution in [0.15, 0.2) is 36.4 Å². The summed E-state index contributed by atoms with van der Waals surface area (Å²) in [6.45, 7) is 1.77. The molecule has 0 aromatic heterocycles. The number of aliphatic hydroxyl groups excluding tert-OH is 1. The third-order valence-corrected chi connectivity index (χ3v) is 4.04. The number of nitro benzene ring substituents is 1. The summed E-state index contributed by atoms with van der Waals surface area (Å²) in [5.74, 6) is 0.621. The zero-order valence-corrected chi connectivity index (χ0v) is 15.9. The van der Waals surface area contributed by atoms with Gasteiger partial charge in [-0.25, -0.2) is 0 Å². The summed E-state index contributed by atoms with van der Waals surface area (Å²) in [5, 5.41) is 26.0. The van der Waals surface area contributed by atoms with Gasteiger partial charge in [0.25, 0.3) is 11.6 Å². The number of nitrogens with one attached hydrogen (secondary N) is 2. The number of rotatable bonds is 9. The number of carbonyl (C=O) groups is 1. The van der Waals surface area contributed by atoms with Crippen LogP contribution >= 0.6 is 0 Å². The molecule has 150 valence electrons. The Morgan fingerprint density at radius 1 is 1.18 bits per heavy atom. The Morgan fingerprint density at radius 2 is 1.89 bits per heavy atom. The van der Waals surface area contributed by atoms with E-state index in [-0.39, 0.29) is 30.4 Å². The molecule has 1 amide bonds. The van der Waals surface area contributed by atoms with Crippen LogP contribution in [0.3, 0.4) is 0 Å². The van der Waals surface area contributed by atoms with E-state index in [1.165, 1.54) is 32.4 Å². The van der Waals surface area contributed by atoms with Crippen LogP contribution in [-0.2, 0) is 6.54 Å². The first kappa shape index (κ1) is 21.0. The fraction of sp³-hybridized carbons (Fsp3) is 0.316.